The van der Waals surface area contributed by atoms with Crippen molar-refractivity contribution in [3.05, 3.63) is 23.6 Å². The van der Waals surface area contributed by atoms with Gasteiger partial charge in [-0.1, -0.05) is 0 Å². The highest BCUT2D eigenvalue weighted by atomic mass is 19.3. The van der Waals surface area contributed by atoms with Crippen LogP contribution in [0.5, 0.6) is 0 Å². The summed E-state index contributed by atoms with van der Waals surface area (Å²) in [6, 6.07) is 0.264. The monoisotopic (exact) mass is 226 g/mol. The van der Waals surface area contributed by atoms with Crippen LogP contribution < -0.4 is 4.90 Å². The number of hydrogen-bond donors (Lipinski definition) is 0. The van der Waals surface area contributed by atoms with Gasteiger partial charge in [-0.25, -0.2) is 17.6 Å². The highest BCUT2D eigenvalue weighted by Gasteiger charge is 2.17. The van der Waals surface area contributed by atoms with Crippen molar-refractivity contribution >= 4 is 5.82 Å². The molecule has 0 spiro atoms. The minimum atomic E-state index is -2.72. The standard InChI is InChI=1S/C8H7F5N2/c1-15(3-6(11)12)8-5(10)2-4(9)7(13)14-8/h2,6H,3H2,1H3. The van der Waals surface area contributed by atoms with Gasteiger partial charge in [-0.3, -0.25) is 0 Å². The quantitative estimate of drug-likeness (QED) is 0.580. The highest BCUT2D eigenvalue weighted by Crippen LogP contribution is 2.18. The maximum Gasteiger partial charge on any atom is 0.255 e. The van der Waals surface area contributed by atoms with E-state index in [1.54, 1.807) is 0 Å². The predicted molar refractivity (Wildman–Crippen MR) is 43.4 cm³/mol. The van der Waals surface area contributed by atoms with E-state index < -0.39 is 36.4 Å². The van der Waals surface area contributed by atoms with Crippen LogP contribution >= 0.6 is 0 Å². The Kier molecular flexibility index (Phi) is 3.43. The van der Waals surface area contributed by atoms with E-state index in [1.807, 2.05) is 0 Å². The summed E-state index contributed by atoms with van der Waals surface area (Å²) in [4.78, 5) is 3.61. The average molecular weight is 226 g/mol. The Balaban J connectivity index is 2.98. The lowest BCUT2D eigenvalue weighted by Crippen LogP contribution is -2.26. The fourth-order valence-electron chi connectivity index (χ4n) is 0.996. The van der Waals surface area contributed by atoms with Crippen molar-refractivity contribution in [2.75, 3.05) is 18.5 Å². The largest absolute Gasteiger partial charge is 0.351 e. The van der Waals surface area contributed by atoms with Gasteiger partial charge in [-0.15, -0.1) is 0 Å². The lowest BCUT2D eigenvalue weighted by Gasteiger charge is -2.17. The molecule has 0 atom stereocenters. The number of nitrogens with zero attached hydrogens (tertiary/aromatic N) is 2. The van der Waals surface area contributed by atoms with Crippen molar-refractivity contribution in [3.63, 3.8) is 0 Å². The molecule has 0 fully saturated rings. The normalized spacial score (nSPS) is 10.9. The molecular weight excluding hydrogens is 219 g/mol. The molecule has 0 aliphatic rings. The molecule has 0 aliphatic carbocycles. The lowest BCUT2D eigenvalue weighted by molar-refractivity contribution is 0.156. The van der Waals surface area contributed by atoms with Crippen molar-refractivity contribution in [2.45, 2.75) is 6.43 Å². The topological polar surface area (TPSA) is 16.1 Å². The summed E-state index contributed by atoms with van der Waals surface area (Å²) in [5.74, 6) is -4.81. The predicted octanol–water partition coefficient (Wildman–Crippen LogP) is 2.20. The number of hydrogen-bond acceptors (Lipinski definition) is 2. The molecule has 1 heterocycles. The molecule has 7 heteroatoms. The van der Waals surface area contributed by atoms with Crippen molar-refractivity contribution in [3.8, 4) is 0 Å². The van der Waals surface area contributed by atoms with Crippen LogP contribution in [-0.2, 0) is 0 Å². The van der Waals surface area contributed by atoms with Crippen LogP contribution in [0, 0.1) is 17.6 Å². The number of alkyl halides is 2. The molecule has 0 aliphatic heterocycles. The third kappa shape index (κ3) is 2.77. The second-order valence-electron chi connectivity index (χ2n) is 2.84. The Morgan fingerprint density at radius 3 is 2.40 bits per heavy atom. The van der Waals surface area contributed by atoms with Crippen molar-refractivity contribution in [1.82, 2.24) is 4.98 Å². The first kappa shape index (κ1) is 11.7. The third-order valence-electron chi connectivity index (χ3n) is 1.64. The number of rotatable bonds is 3. The Hall–Kier alpha value is -1.40. The minimum Gasteiger partial charge on any atom is -0.351 e. The van der Waals surface area contributed by atoms with E-state index in [4.69, 9.17) is 0 Å². The Morgan fingerprint density at radius 1 is 1.27 bits per heavy atom. The lowest BCUT2D eigenvalue weighted by atomic mass is 10.4. The number of anilines is 1. The van der Waals surface area contributed by atoms with Gasteiger partial charge >= 0.3 is 0 Å². The number of pyridine rings is 1. The summed E-state index contributed by atoms with van der Waals surface area (Å²) >= 11 is 0. The van der Waals surface area contributed by atoms with Gasteiger partial charge in [0.25, 0.3) is 12.4 Å². The van der Waals surface area contributed by atoms with Gasteiger partial charge in [0.05, 0.1) is 6.54 Å². The summed E-state index contributed by atoms with van der Waals surface area (Å²) in [5.41, 5.74) is 0. The Morgan fingerprint density at radius 2 is 1.87 bits per heavy atom. The van der Waals surface area contributed by atoms with Crippen LogP contribution in [0.15, 0.2) is 6.07 Å². The van der Waals surface area contributed by atoms with Crippen LogP contribution in [0.3, 0.4) is 0 Å². The molecule has 0 N–H and O–H groups in total. The van der Waals surface area contributed by atoms with Gasteiger partial charge in [0.1, 0.15) is 0 Å². The molecule has 15 heavy (non-hydrogen) atoms. The molecule has 0 radical (unpaired) electrons. The smallest absolute Gasteiger partial charge is 0.255 e. The summed E-state index contributed by atoms with van der Waals surface area (Å²) in [5, 5.41) is 0. The second-order valence-corrected chi connectivity index (χ2v) is 2.84. The first-order valence-corrected chi connectivity index (χ1v) is 3.92. The van der Waals surface area contributed by atoms with Gasteiger partial charge in [-0.05, 0) is 0 Å². The molecule has 1 aromatic heterocycles. The zero-order chi connectivity index (χ0) is 11.6. The number of aromatic nitrogens is 1. The van der Waals surface area contributed by atoms with Gasteiger partial charge in [0, 0.05) is 13.1 Å². The molecule has 0 aromatic carbocycles. The fourth-order valence-corrected chi connectivity index (χ4v) is 0.996. The number of halogens is 5. The van der Waals surface area contributed by atoms with E-state index in [-0.39, 0.29) is 6.07 Å². The van der Waals surface area contributed by atoms with Gasteiger partial charge in [-0.2, -0.15) is 9.37 Å². The van der Waals surface area contributed by atoms with Crippen LogP contribution in [0.25, 0.3) is 0 Å². The van der Waals surface area contributed by atoms with E-state index in [9.17, 15) is 22.0 Å². The van der Waals surface area contributed by atoms with E-state index >= 15 is 0 Å². The molecule has 0 saturated heterocycles. The zero-order valence-corrected chi connectivity index (χ0v) is 7.65. The molecule has 0 amide bonds. The third-order valence-corrected chi connectivity index (χ3v) is 1.64. The molecule has 2 nitrogen and oxygen atoms in total. The summed E-state index contributed by atoms with van der Waals surface area (Å²) in [6.07, 6.45) is -2.72. The van der Waals surface area contributed by atoms with Crippen LogP contribution in [0.4, 0.5) is 27.8 Å². The molecule has 1 rings (SSSR count). The van der Waals surface area contributed by atoms with Crippen LogP contribution in [0.2, 0.25) is 0 Å². The fraction of sp³-hybridized carbons (Fsp3) is 0.375. The summed E-state index contributed by atoms with van der Waals surface area (Å²) in [6.45, 7) is -0.811. The minimum absolute atomic E-state index is 0.264. The maximum atomic E-state index is 13.0. The molecule has 0 saturated carbocycles. The molecular formula is C8H7F5N2. The molecule has 0 unspecified atom stereocenters. The Labute approximate surface area is 82.3 Å². The second kappa shape index (κ2) is 4.41. The van der Waals surface area contributed by atoms with E-state index in [1.165, 1.54) is 0 Å². The van der Waals surface area contributed by atoms with E-state index in [0.717, 1.165) is 7.05 Å². The average Bonchev–Trinajstić information content (AvgIpc) is 2.09. The maximum absolute atomic E-state index is 13.0. The first-order valence-electron chi connectivity index (χ1n) is 3.92. The van der Waals surface area contributed by atoms with Crippen LogP contribution in [0.1, 0.15) is 0 Å². The van der Waals surface area contributed by atoms with E-state index in [2.05, 4.69) is 4.98 Å². The summed E-state index contributed by atoms with van der Waals surface area (Å²) < 4.78 is 61.9. The SMILES string of the molecule is CN(CC(F)F)c1nc(F)c(F)cc1F. The Bertz CT molecular complexity index is 355. The first-order chi connectivity index (χ1) is 6.91. The summed E-state index contributed by atoms with van der Waals surface area (Å²) in [7, 11) is 1.11. The van der Waals surface area contributed by atoms with Gasteiger partial charge < -0.3 is 4.90 Å². The van der Waals surface area contributed by atoms with Crippen LogP contribution in [-0.4, -0.2) is 25.0 Å². The van der Waals surface area contributed by atoms with Gasteiger partial charge in [0.2, 0.25) is 0 Å². The molecule has 1 aromatic rings. The zero-order valence-electron chi connectivity index (χ0n) is 7.65. The van der Waals surface area contributed by atoms with Crippen molar-refractivity contribution < 1.29 is 22.0 Å². The molecule has 0 bridgehead atoms. The molecule has 84 valence electrons. The van der Waals surface area contributed by atoms with Crippen molar-refractivity contribution in [2.24, 2.45) is 0 Å². The van der Waals surface area contributed by atoms with Crippen molar-refractivity contribution in [1.29, 1.82) is 0 Å². The highest BCUT2D eigenvalue weighted by molar-refractivity contribution is 5.39. The van der Waals surface area contributed by atoms with Gasteiger partial charge in [0.15, 0.2) is 17.5 Å². The van der Waals surface area contributed by atoms with E-state index in [0.29, 0.717) is 4.90 Å².